The van der Waals surface area contributed by atoms with Crippen LogP contribution in [0.1, 0.15) is 30.3 Å². The van der Waals surface area contributed by atoms with Gasteiger partial charge in [-0.1, -0.05) is 0 Å². The average molecular weight is 389 g/mol. The fraction of sp³-hybridized carbons (Fsp3) is 0.450. The van der Waals surface area contributed by atoms with Gasteiger partial charge in [0.05, 0.1) is 25.3 Å². The first kappa shape index (κ1) is 19.9. The van der Waals surface area contributed by atoms with Crippen LogP contribution in [0.15, 0.2) is 24.3 Å². The van der Waals surface area contributed by atoms with Crippen molar-refractivity contribution in [1.82, 2.24) is 14.7 Å². The Kier molecular flexibility index (Phi) is 5.96. The molecule has 8 heteroatoms. The molecule has 1 unspecified atom stereocenters. The van der Waals surface area contributed by atoms with E-state index in [0.29, 0.717) is 48.8 Å². The number of carbonyl (C=O) groups excluding carboxylic acids is 2. The first-order valence-electron chi connectivity index (χ1n) is 9.28. The van der Waals surface area contributed by atoms with E-state index in [4.69, 9.17) is 9.47 Å². The zero-order valence-electron chi connectivity index (χ0n) is 16.3. The van der Waals surface area contributed by atoms with E-state index in [0.717, 1.165) is 6.42 Å². The van der Waals surface area contributed by atoms with Gasteiger partial charge >= 0.3 is 5.97 Å². The third-order valence-corrected chi connectivity index (χ3v) is 4.88. The van der Waals surface area contributed by atoms with Gasteiger partial charge in [0.15, 0.2) is 0 Å². The first-order valence-corrected chi connectivity index (χ1v) is 9.28. The summed E-state index contributed by atoms with van der Waals surface area (Å²) in [5, 5.41) is 4.29. The number of halogens is 1. The van der Waals surface area contributed by atoms with E-state index in [1.54, 1.807) is 37.1 Å². The summed E-state index contributed by atoms with van der Waals surface area (Å²) >= 11 is 0. The number of rotatable bonds is 5. The van der Waals surface area contributed by atoms with E-state index < -0.39 is 5.82 Å². The molecule has 7 nitrogen and oxygen atoms in total. The summed E-state index contributed by atoms with van der Waals surface area (Å²) in [4.78, 5) is 26.6. The molecule has 0 N–H and O–H groups in total. The van der Waals surface area contributed by atoms with E-state index in [2.05, 4.69) is 5.10 Å². The maximum Gasteiger partial charge on any atom is 0.310 e. The molecule has 1 amide bonds. The number of hydrogen-bond acceptors (Lipinski definition) is 5. The number of amides is 1. The minimum absolute atomic E-state index is 0.232. The van der Waals surface area contributed by atoms with Gasteiger partial charge in [0, 0.05) is 31.8 Å². The number of hydrogen-bond donors (Lipinski definition) is 0. The van der Waals surface area contributed by atoms with Crippen LogP contribution in [0.2, 0.25) is 0 Å². The fourth-order valence-electron chi connectivity index (χ4n) is 3.41. The lowest BCUT2D eigenvalue weighted by Crippen LogP contribution is -2.43. The van der Waals surface area contributed by atoms with E-state index in [9.17, 15) is 14.0 Å². The molecule has 0 aliphatic carbocycles. The lowest BCUT2D eigenvalue weighted by atomic mass is 9.98. The molecule has 0 bridgehead atoms. The smallest absolute Gasteiger partial charge is 0.310 e. The van der Waals surface area contributed by atoms with Crippen LogP contribution in [0.25, 0.3) is 11.3 Å². The molecule has 0 radical (unpaired) electrons. The second-order valence-electron chi connectivity index (χ2n) is 6.73. The van der Waals surface area contributed by atoms with Gasteiger partial charge in [-0.25, -0.2) is 4.39 Å². The van der Waals surface area contributed by atoms with Crippen molar-refractivity contribution in [2.45, 2.75) is 19.8 Å². The SMILES string of the molecule is CCOC(=O)C1CCCN(C(=O)c2cc(-c3ccc(OC)cc3F)nn2C)C1. The molecule has 2 aromatic rings. The number of piperidine rings is 1. The summed E-state index contributed by atoms with van der Waals surface area (Å²) in [7, 11) is 3.11. The van der Waals surface area contributed by atoms with E-state index in [-0.39, 0.29) is 17.8 Å². The van der Waals surface area contributed by atoms with Crippen molar-refractivity contribution in [2.24, 2.45) is 13.0 Å². The molecule has 3 rings (SSSR count). The molecule has 0 saturated carbocycles. The van der Waals surface area contributed by atoms with Crippen molar-refractivity contribution in [3.05, 3.63) is 35.8 Å². The molecular weight excluding hydrogens is 365 g/mol. The molecule has 0 spiro atoms. The van der Waals surface area contributed by atoms with Gasteiger partial charge in [-0.15, -0.1) is 0 Å². The summed E-state index contributed by atoms with van der Waals surface area (Å²) in [6.45, 7) is 2.96. The van der Waals surface area contributed by atoms with Gasteiger partial charge in [0.25, 0.3) is 5.91 Å². The Morgan fingerprint density at radius 2 is 2.11 bits per heavy atom. The summed E-state index contributed by atoms with van der Waals surface area (Å²) in [5.41, 5.74) is 0.998. The molecule has 1 saturated heterocycles. The Hall–Kier alpha value is -2.90. The third-order valence-electron chi connectivity index (χ3n) is 4.88. The number of nitrogens with zero attached hydrogens (tertiary/aromatic N) is 3. The van der Waals surface area contributed by atoms with Crippen molar-refractivity contribution < 1.29 is 23.5 Å². The second kappa shape index (κ2) is 8.41. The molecule has 150 valence electrons. The summed E-state index contributed by atoms with van der Waals surface area (Å²) in [6.07, 6.45) is 1.43. The Bertz CT molecular complexity index is 880. The van der Waals surface area contributed by atoms with Gasteiger partial charge in [-0.05, 0) is 38.0 Å². The zero-order valence-corrected chi connectivity index (χ0v) is 16.3. The minimum Gasteiger partial charge on any atom is -0.497 e. The molecule has 1 aromatic carbocycles. The minimum atomic E-state index is -0.475. The maximum absolute atomic E-state index is 14.4. The zero-order chi connectivity index (χ0) is 20.3. The molecule has 28 heavy (non-hydrogen) atoms. The predicted molar refractivity (Wildman–Crippen MR) is 100 cm³/mol. The number of methoxy groups -OCH3 is 1. The standard InChI is InChI=1S/C20H24FN3O4/c1-4-28-20(26)13-6-5-9-24(12-13)19(25)18-11-17(22-23(18)2)15-8-7-14(27-3)10-16(15)21/h7-8,10-11,13H,4-6,9,12H2,1-3H3. The number of likely N-dealkylation sites (tertiary alicyclic amines) is 1. The normalized spacial score (nSPS) is 16.7. The van der Waals surface area contributed by atoms with E-state index >= 15 is 0 Å². The summed E-state index contributed by atoms with van der Waals surface area (Å²) in [6, 6.07) is 6.06. The Balaban J connectivity index is 1.81. The highest BCUT2D eigenvalue weighted by molar-refractivity contribution is 5.94. The van der Waals surface area contributed by atoms with Gasteiger partial charge in [-0.2, -0.15) is 5.10 Å². The van der Waals surface area contributed by atoms with Crippen LogP contribution >= 0.6 is 0 Å². The predicted octanol–water partition coefficient (Wildman–Crippen LogP) is 2.65. The molecule has 1 aliphatic rings. The topological polar surface area (TPSA) is 73.7 Å². The highest BCUT2D eigenvalue weighted by Gasteiger charge is 2.31. The van der Waals surface area contributed by atoms with Crippen LogP contribution in [-0.4, -0.2) is 53.4 Å². The largest absolute Gasteiger partial charge is 0.497 e. The van der Waals surface area contributed by atoms with E-state index in [1.165, 1.54) is 17.9 Å². The van der Waals surface area contributed by atoms with Gasteiger partial charge in [0.1, 0.15) is 17.3 Å². The average Bonchev–Trinajstić information content (AvgIpc) is 3.08. The van der Waals surface area contributed by atoms with Crippen molar-refractivity contribution in [3.63, 3.8) is 0 Å². The first-order chi connectivity index (χ1) is 13.4. The van der Waals surface area contributed by atoms with Crippen LogP contribution < -0.4 is 4.74 Å². The van der Waals surface area contributed by atoms with Crippen molar-refractivity contribution in [1.29, 1.82) is 0 Å². The Morgan fingerprint density at radius 1 is 1.32 bits per heavy atom. The lowest BCUT2D eigenvalue weighted by molar-refractivity contribution is -0.149. The summed E-state index contributed by atoms with van der Waals surface area (Å²) in [5.74, 6) is -0.886. The molecule has 1 atom stereocenters. The molecule has 1 aromatic heterocycles. The summed E-state index contributed by atoms with van der Waals surface area (Å²) < 4.78 is 25.9. The highest BCUT2D eigenvalue weighted by Crippen LogP contribution is 2.27. The lowest BCUT2D eigenvalue weighted by Gasteiger charge is -2.31. The fourth-order valence-corrected chi connectivity index (χ4v) is 3.41. The van der Waals surface area contributed by atoms with Crippen molar-refractivity contribution in [2.75, 3.05) is 26.8 Å². The number of carbonyl (C=O) groups is 2. The van der Waals surface area contributed by atoms with Crippen LogP contribution in [0.5, 0.6) is 5.75 Å². The van der Waals surface area contributed by atoms with Crippen molar-refractivity contribution in [3.8, 4) is 17.0 Å². The Labute approximate surface area is 163 Å². The highest BCUT2D eigenvalue weighted by atomic mass is 19.1. The van der Waals surface area contributed by atoms with Gasteiger partial charge < -0.3 is 14.4 Å². The third kappa shape index (κ3) is 4.00. The number of aryl methyl sites for hydroxylation is 1. The molecule has 1 aliphatic heterocycles. The number of ether oxygens (including phenoxy) is 2. The number of benzene rings is 1. The van der Waals surface area contributed by atoms with Crippen LogP contribution in [0, 0.1) is 11.7 Å². The monoisotopic (exact) mass is 389 g/mol. The van der Waals surface area contributed by atoms with Crippen LogP contribution in [0.4, 0.5) is 4.39 Å². The quantitative estimate of drug-likeness (QED) is 0.735. The number of esters is 1. The second-order valence-corrected chi connectivity index (χ2v) is 6.73. The molecule has 2 heterocycles. The van der Waals surface area contributed by atoms with Gasteiger partial charge in [0.2, 0.25) is 0 Å². The van der Waals surface area contributed by atoms with Crippen LogP contribution in [-0.2, 0) is 16.6 Å². The number of aromatic nitrogens is 2. The molecular formula is C20H24FN3O4. The van der Waals surface area contributed by atoms with E-state index in [1.807, 2.05) is 0 Å². The van der Waals surface area contributed by atoms with Gasteiger partial charge in [-0.3, -0.25) is 14.3 Å². The maximum atomic E-state index is 14.4. The van der Waals surface area contributed by atoms with Crippen molar-refractivity contribution >= 4 is 11.9 Å². The van der Waals surface area contributed by atoms with Crippen LogP contribution in [0.3, 0.4) is 0 Å². The Morgan fingerprint density at radius 3 is 2.79 bits per heavy atom. The molecule has 1 fully saturated rings.